The number of hydrogen-bond donors (Lipinski definition) is 0. The van der Waals surface area contributed by atoms with Crippen molar-refractivity contribution in [1.29, 1.82) is 0 Å². The van der Waals surface area contributed by atoms with Gasteiger partial charge in [0.05, 0.1) is 0 Å². The molecule has 1 aliphatic rings. The van der Waals surface area contributed by atoms with E-state index < -0.39 is 0 Å². The van der Waals surface area contributed by atoms with E-state index in [9.17, 15) is 4.79 Å². The second-order valence-electron chi connectivity index (χ2n) is 4.57. The van der Waals surface area contributed by atoms with Gasteiger partial charge in [0.1, 0.15) is 13.5 Å². The Balaban J connectivity index is 2.67. The lowest BCUT2D eigenvalue weighted by molar-refractivity contribution is -0.00737. The van der Waals surface area contributed by atoms with Gasteiger partial charge in [0.2, 0.25) is 0 Å². The maximum absolute atomic E-state index is 12.0. The molecule has 0 aliphatic carbocycles. The second-order valence-corrected chi connectivity index (χ2v) is 4.57. The van der Waals surface area contributed by atoms with Crippen LogP contribution in [-0.4, -0.2) is 56.6 Å². The van der Waals surface area contributed by atoms with Crippen LogP contribution in [0.5, 0.6) is 0 Å². The van der Waals surface area contributed by atoms with E-state index >= 15 is 0 Å². The van der Waals surface area contributed by atoms with Crippen molar-refractivity contribution < 1.29 is 14.3 Å². The van der Waals surface area contributed by atoms with Gasteiger partial charge in [-0.3, -0.25) is 0 Å². The zero-order valence-corrected chi connectivity index (χ0v) is 10.6. The Kier molecular flexibility index (Phi) is 5.02. The largest absolute Gasteiger partial charge is 0.364 e. The molecule has 0 radical (unpaired) electrons. The van der Waals surface area contributed by atoms with Crippen LogP contribution in [0.15, 0.2) is 0 Å². The number of ether oxygens (including phenoxy) is 2. The van der Waals surface area contributed by atoms with E-state index in [0.717, 1.165) is 13.1 Å². The van der Waals surface area contributed by atoms with Gasteiger partial charge in [0.25, 0.3) is 0 Å². The minimum absolute atomic E-state index is 0.000556. The molecule has 0 aromatic carbocycles. The van der Waals surface area contributed by atoms with Crippen LogP contribution >= 0.6 is 0 Å². The fraction of sp³-hybridized carbons (Fsp3) is 0.909. The summed E-state index contributed by atoms with van der Waals surface area (Å²) >= 11 is 0. The fourth-order valence-electron chi connectivity index (χ4n) is 1.93. The normalized spacial score (nSPS) is 18.7. The van der Waals surface area contributed by atoms with E-state index in [1.54, 1.807) is 24.0 Å². The Bertz CT molecular complexity index is 215. The van der Waals surface area contributed by atoms with Crippen LogP contribution in [0, 0.1) is 11.8 Å². The van der Waals surface area contributed by atoms with E-state index in [4.69, 9.17) is 9.47 Å². The number of nitrogens with zero attached hydrogens (tertiary/aromatic N) is 2. The molecule has 0 aromatic heterocycles. The van der Waals surface area contributed by atoms with Crippen molar-refractivity contribution in [3.63, 3.8) is 0 Å². The monoisotopic (exact) mass is 230 g/mol. The zero-order chi connectivity index (χ0) is 12.1. The van der Waals surface area contributed by atoms with E-state index in [2.05, 4.69) is 13.8 Å². The average molecular weight is 230 g/mol. The number of amides is 2. The molecule has 0 bridgehead atoms. The van der Waals surface area contributed by atoms with Crippen LogP contribution in [0.25, 0.3) is 0 Å². The first-order valence-electron chi connectivity index (χ1n) is 5.61. The van der Waals surface area contributed by atoms with Gasteiger partial charge in [-0.1, -0.05) is 13.8 Å². The average Bonchev–Trinajstić information content (AvgIpc) is 2.24. The molecule has 0 unspecified atom stereocenters. The summed E-state index contributed by atoms with van der Waals surface area (Å²) in [5.41, 5.74) is 0. The molecule has 1 saturated heterocycles. The molecule has 1 fully saturated rings. The standard InChI is InChI=1S/C11H22N2O3/c1-9(2)10-5-12(7-15-3)11(14)13(6-10)8-16-4/h9-10H,5-8H2,1-4H3. The number of carbonyl (C=O) groups is 1. The lowest BCUT2D eigenvalue weighted by Crippen LogP contribution is -2.55. The number of hydrogen-bond acceptors (Lipinski definition) is 3. The summed E-state index contributed by atoms with van der Waals surface area (Å²) in [6.07, 6.45) is 0. The Morgan fingerprint density at radius 2 is 1.62 bits per heavy atom. The molecule has 16 heavy (non-hydrogen) atoms. The molecule has 0 aromatic rings. The van der Waals surface area contributed by atoms with Gasteiger partial charge in [0, 0.05) is 27.3 Å². The van der Waals surface area contributed by atoms with Crippen molar-refractivity contribution in [2.45, 2.75) is 13.8 Å². The molecule has 1 heterocycles. The Morgan fingerprint density at radius 3 is 1.94 bits per heavy atom. The molecular weight excluding hydrogens is 208 g/mol. The Morgan fingerprint density at radius 1 is 1.19 bits per heavy atom. The first-order chi connectivity index (χ1) is 7.60. The molecular formula is C11H22N2O3. The van der Waals surface area contributed by atoms with E-state index in [1.807, 2.05) is 0 Å². The van der Waals surface area contributed by atoms with E-state index in [0.29, 0.717) is 25.3 Å². The number of rotatable bonds is 5. The predicted octanol–water partition coefficient (Wildman–Crippen LogP) is 1.20. The molecule has 2 amide bonds. The summed E-state index contributed by atoms with van der Waals surface area (Å²) in [5.74, 6) is 1.02. The van der Waals surface area contributed by atoms with Crippen LogP contribution < -0.4 is 0 Å². The van der Waals surface area contributed by atoms with Crippen molar-refractivity contribution in [2.24, 2.45) is 11.8 Å². The molecule has 1 rings (SSSR count). The van der Waals surface area contributed by atoms with Gasteiger partial charge < -0.3 is 19.3 Å². The maximum Gasteiger partial charge on any atom is 0.323 e. The first kappa shape index (κ1) is 13.3. The van der Waals surface area contributed by atoms with Gasteiger partial charge in [-0.2, -0.15) is 0 Å². The highest BCUT2D eigenvalue weighted by molar-refractivity contribution is 5.75. The van der Waals surface area contributed by atoms with Gasteiger partial charge in [0.15, 0.2) is 0 Å². The first-order valence-corrected chi connectivity index (χ1v) is 5.61. The lowest BCUT2D eigenvalue weighted by atomic mass is 9.93. The summed E-state index contributed by atoms with van der Waals surface area (Å²) in [6.45, 7) is 6.59. The fourth-order valence-corrected chi connectivity index (χ4v) is 1.93. The van der Waals surface area contributed by atoms with E-state index in [-0.39, 0.29) is 6.03 Å². The van der Waals surface area contributed by atoms with Crippen molar-refractivity contribution in [3.05, 3.63) is 0 Å². The molecule has 0 spiro atoms. The van der Waals surface area contributed by atoms with Gasteiger partial charge in [-0.05, 0) is 11.8 Å². The van der Waals surface area contributed by atoms with Gasteiger partial charge >= 0.3 is 6.03 Å². The van der Waals surface area contributed by atoms with Gasteiger partial charge in [-0.15, -0.1) is 0 Å². The SMILES string of the molecule is COCN1CC(C(C)C)CN(COC)C1=O. The predicted molar refractivity (Wildman–Crippen MR) is 60.9 cm³/mol. The summed E-state index contributed by atoms with van der Waals surface area (Å²) in [5, 5.41) is 0. The van der Waals surface area contributed by atoms with Crippen LogP contribution in [0.2, 0.25) is 0 Å². The summed E-state index contributed by atoms with van der Waals surface area (Å²) < 4.78 is 10.1. The Labute approximate surface area is 97.3 Å². The molecule has 1 aliphatic heterocycles. The molecule has 5 nitrogen and oxygen atoms in total. The van der Waals surface area contributed by atoms with Crippen molar-refractivity contribution in [1.82, 2.24) is 9.80 Å². The highest BCUT2D eigenvalue weighted by Gasteiger charge is 2.32. The topological polar surface area (TPSA) is 42.0 Å². The van der Waals surface area contributed by atoms with Crippen LogP contribution in [0.1, 0.15) is 13.8 Å². The third-order valence-electron chi connectivity index (χ3n) is 2.96. The highest BCUT2D eigenvalue weighted by atomic mass is 16.5. The van der Waals surface area contributed by atoms with Crippen molar-refractivity contribution in [2.75, 3.05) is 40.8 Å². The lowest BCUT2D eigenvalue weighted by Gasteiger charge is -2.40. The van der Waals surface area contributed by atoms with Crippen LogP contribution in [0.4, 0.5) is 4.79 Å². The van der Waals surface area contributed by atoms with Crippen molar-refractivity contribution >= 4 is 6.03 Å². The minimum atomic E-state index is 0.000556. The Hall–Kier alpha value is -0.810. The second kappa shape index (κ2) is 6.06. The summed E-state index contributed by atoms with van der Waals surface area (Å²) in [6, 6.07) is 0.000556. The third kappa shape index (κ3) is 3.09. The molecule has 0 N–H and O–H groups in total. The van der Waals surface area contributed by atoms with Crippen molar-refractivity contribution in [3.8, 4) is 0 Å². The van der Waals surface area contributed by atoms with Crippen LogP contribution in [-0.2, 0) is 9.47 Å². The molecule has 0 atom stereocenters. The highest BCUT2D eigenvalue weighted by Crippen LogP contribution is 2.20. The molecule has 0 saturated carbocycles. The third-order valence-corrected chi connectivity index (χ3v) is 2.96. The number of urea groups is 1. The number of methoxy groups -OCH3 is 2. The van der Waals surface area contributed by atoms with Gasteiger partial charge in [-0.25, -0.2) is 4.79 Å². The van der Waals surface area contributed by atoms with E-state index in [1.165, 1.54) is 0 Å². The molecule has 94 valence electrons. The minimum Gasteiger partial charge on any atom is -0.364 e. The number of carbonyl (C=O) groups excluding carboxylic acids is 1. The maximum atomic E-state index is 12.0. The molecule has 5 heteroatoms. The van der Waals surface area contributed by atoms with Crippen LogP contribution in [0.3, 0.4) is 0 Å². The smallest absolute Gasteiger partial charge is 0.323 e. The zero-order valence-electron chi connectivity index (χ0n) is 10.6. The quantitative estimate of drug-likeness (QED) is 0.712. The summed E-state index contributed by atoms with van der Waals surface area (Å²) in [7, 11) is 3.21. The summed E-state index contributed by atoms with van der Waals surface area (Å²) in [4.78, 5) is 15.4.